The molecule has 114 valence electrons. The zero-order valence-electron chi connectivity index (χ0n) is 12.7. The van der Waals surface area contributed by atoms with Crippen LogP contribution in [0.1, 0.15) is 36.3 Å². The maximum Gasteiger partial charge on any atom is 0.129 e. The molecule has 1 aromatic carbocycles. The molecule has 1 N–H and O–H groups in total. The Morgan fingerprint density at radius 3 is 2.71 bits per heavy atom. The van der Waals surface area contributed by atoms with Crippen molar-refractivity contribution in [2.75, 3.05) is 6.54 Å². The summed E-state index contributed by atoms with van der Waals surface area (Å²) in [5, 5.41) is 8.17. The van der Waals surface area contributed by atoms with Gasteiger partial charge >= 0.3 is 0 Å². The molecule has 0 saturated heterocycles. The molecule has 5 heteroatoms. The van der Waals surface area contributed by atoms with E-state index in [9.17, 15) is 4.39 Å². The van der Waals surface area contributed by atoms with Crippen molar-refractivity contribution in [2.24, 2.45) is 7.05 Å². The van der Waals surface area contributed by atoms with E-state index in [-0.39, 0.29) is 11.9 Å². The Kier molecular flexibility index (Phi) is 5.37. The van der Waals surface area contributed by atoms with Crippen LogP contribution in [-0.2, 0) is 13.5 Å². The van der Waals surface area contributed by atoms with Crippen LogP contribution in [0, 0.1) is 12.7 Å². The van der Waals surface area contributed by atoms with Gasteiger partial charge in [-0.15, -0.1) is 0 Å². The summed E-state index contributed by atoms with van der Waals surface area (Å²) in [6, 6.07) is 6.81. The van der Waals surface area contributed by atoms with Gasteiger partial charge in [-0.1, -0.05) is 24.6 Å². The quantitative estimate of drug-likeness (QED) is 0.879. The predicted octanol–water partition coefficient (Wildman–Crippen LogP) is 3.80. The van der Waals surface area contributed by atoms with Gasteiger partial charge in [0.25, 0.3) is 0 Å². The molecule has 0 aliphatic heterocycles. The minimum atomic E-state index is -0.269. The minimum Gasteiger partial charge on any atom is -0.310 e. The number of aromatic nitrogens is 2. The van der Waals surface area contributed by atoms with Gasteiger partial charge in [0.15, 0.2) is 0 Å². The summed E-state index contributed by atoms with van der Waals surface area (Å²) in [6.45, 7) is 4.89. The van der Waals surface area contributed by atoms with Gasteiger partial charge in [-0.05, 0) is 38.1 Å². The van der Waals surface area contributed by atoms with Crippen molar-refractivity contribution < 1.29 is 4.39 Å². The third-order valence-electron chi connectivity index (χ3n) is 3.49. The minimum absolute atomic E-state index is 0.0861. The Morgan fingerprint density at radius 2 is 2.14 bits per heavy atom. The van der Waals surface area contributed by atoms with Crippen LogP contribution in [0.2, 0.25) is 5.02 Å². The average molecular weight is 310 g/mol. The number of rotatable bonds is 6. The molecule has 0 aliphatic rings. The fourth-order valence-corrected chi connectivity index (χ4v) is 2.62. The first-order chi connectivity index (χ1) is 10.0. The second kappa shape index (κ2) is 7.05. The van der Waals surface area contributed by atoms with E-state index in [1.165, 1.54) is 6.07 Å². The summed E-state index contributed by atoms with van der Waals surface area (Å²) in [4.78, 5) is 0. The van der Waals surface area contributed by atoms with Crippen molar-refractivity contribution in [1.82, 2.24) is 15.1 Å². The fraction of sp³-hybridized carbons (Fsp3) is 0.438. The predicted molar refractivity (Wildman–Crippen MR) is 84.1 cm³/mol. The lowest BCUT2D eigenvalue weighted by atomic mass is 10.0. The summed E-state index contributed by atoms with van der Waals surface area (Å²) in [7, 11) is 1.91. The molecule has 2 rings (SSSR count). The van der Waals surface area contributed by atoms with Crippen LogP contribution < -0.4 is 5.32 Å². The molecular formula is C16H21ClFN3. The topological polar surface area (TPSA) is 29.9 Å². The van der Waals surface area contributed by atoms with E-state index in [0.717, 1.165) is 24.4 Å². The fourth-order valence-electron chi connectivity index (χ4n) is 2.46. The van der Waals surface area contributed by atoms with Crippen LogP contribution in [0.5, 0.6) is 0 Å². The second-order valence-electron chi connectivity index (χ2n) is 5.28. The highest BCUT2D eigenvalue weighted by molar-refractivity contribution is 6.30. The van der Waals surface area contributed by atoms with Crippen LogP contribution in [0.4, 0.5) is 4.39 Å². The Morgan fingerprint density at radius 1 is 1.38 bits per heavy atom. The van der Waals surface area contributed by atoms with Crippen LogP contribution in [0.3, 0.4) is 0 Å². The molecule has 3 nitrogen and oxygen atoms in total. The molecule has 21 heavy (non-hydrogen) atoms. The maximum absolute atomic E-state index is 14.2. The SMILES string of the molecule is CCCNC(Cc1cc(C)nn1C)c1ccc(Cl)cc1F. The van der Waals surface area contributed by atoms with Gasteiger partial charge in [-0.3, -0.25) is 4.68 Å². The first-order valence-corrected chi connectivity index (χ1v) is 7.57. The zero-order valence-corrected chi connectivity index (χ0v) is 13.4. The molecule has 0 bridgehead atoms. The molecule has 1 heterocycles. The van der Waals surface area contributed by atoms with Gasteiger partial charge in [-0.2, -0.15) is 5.10 Å². The maximum atomic E-state index is 14.2. The Hall–Kier alpha value is -1.39. The van der Waals surface area contributed by atoms with Crippen LogP contribution in [0.15, 0.2) is 24.3 Å². The lowest BCUT2D eigenvalue weighted by molar-refractivity contribution is 0.485. The van der Waals surface area contributed by atoms with E-state index in [1.807, 2.05) is 24.7 Å². The number of halogens is 2. The van der Waals surface area contributed by atoms with E-state index < -0.39 is 0 Å². The molecule has 2 aromatic rings. The third-order valence-corrected chi connectivity index (χ3v) is 3.73. The van der Waals surface area contributed by atoms with Gasteiger partial charge < -0.3 is 5.32 Å². The van der Waals surface area contributed by atoms with Crippen molar-refractivity contribution in [1.29, 1.82) is 0 Å². The monoisotopic (exact) mass is 309 g/mol. The first kappa shape index (κ1) is 16.0. The Labute approximate surface area is 130 Å². The van der Waals surface area contributed by atoms with E-state index in [1.54, 1.807) is 12.1 Å². The summed E-state index contributed by atoms with van der Waals surface area (Å²) >= 11 is 5.84. The van der Waals surface area contributed by atoms with E-state index >= 15 is 0 Å². The number of hydrogen-bond acceptors (Lipinski definition) is 2. The van der Waals surface area contributed by atoms with E-state index in [0.29, 0.717) is 17.0 Å². The van der Waals surface area contributed by atoms with Crippen molar-refractivity contribution in [3.8, 4) is 0 Å². The highest BCUT2D eigenvalue weighted by Crippen LogP contribution is 2.24. The van der Waals surface area contributed by atoms with E-state index in [2.05, 4.69) is 17.3 Å². The Bertz CT molecular complexity index is 610. The second-order valence-corrected chi connectivity index (χ2v) is 5.71. The molecule has 1 unspecified atom stereocenters. The van der Waals surface area contributed by atoms with Crippen LogP contribution in [0.25, 0.3) is 0 Å². The standard InChI is InChI=1S/C16H21ClFN3/c1-4-7-19-16(10-13-8-11(2)20-21(13)3)14-6-5-12(17)9-15(14)18/h5-6,8-9,16,19H,4,7,10H2,1-3H3. The van der Waals surface area contributed by atoms with Gasteiger partial charge in [0.1, 0.15) is 5.82 Å². The summed E-state index contributed by atoms with van der Waals surface area (Å²) in [5.41, 5.74) is 2.69. The van der Waals surface area contributed by atoms with Gasteiger partial charge in [0, 0.05) is 35.8 Å². The van der Waals surface area contributed by atoms with Crippen molar-refractivity contribution in [3.05, 3.63) is 52.1 Å². The molecule has 0 fully saturated rings. The number of nitrogens with zero attached hydrogens (tertiary/aromatic N) is 2. The molecule has 0 amide bonds. The number of hydrogen-bond donors (Lipinski definition) is 1. The van der Waals surface area contributed by atoms with E-state index in [4.69, 9.17) is 11.6 Å². The molecule has 0 radical (unpaired) electrons. The summed E-state index contributed by atoms with van der Waals surface area (Å²) < 4.78 is 16.0. The normalized spacial score (nSPS) is 12.6. The third kappa shape index (κ3) is 4.05. The summed E-state index contributed by atoms with van der Waals surface area (Å²) in [5.74, 6) is -0.269. The highest BCUT2D eigenvalue weighted by atomic mass is 35.5. The van der Waals surface area contributed by atoms with Crippen LogP contribution in [-0.4, -0.2) is 16.3 Å². The first-order valence-electron chi connectivity index (χ1n) is 7.19. The summed E-state index contributed by atoms with van der Waals surface area (Å²) in [6.07, 6.45) is 1.69. The van der Waals surface area contributed by atoms with Gasteiger partial charge in [0.05, 0.1) is 5.69 Å². The number of nitrogens with one attached hydrogen (secondary N) is 1. The Balaban J connectivity index is 2.27. The highest BCUT2D eigenvalue weighted by Gasteiger charge is 2.18. The average Bonchev–Trinajstić information content (AvgIpc) is 2.73. The van der Waals surface area contributed by atoms with Crippen molar-refractivity contribution >= 4 is 11.6 Å². The number of aryl methyl sites for hydroxylation is 2. The molecule has 0 spiro atoms. The molecular weight excluding hydrogens is 289 g/mol. The van der Waals surface area contributed by atoms with Gasteiger partial charge in [0.2, 0.25) is 0 Å². The van der Waals surface area contributed by atoms with Crippen LogP contribution >= 0.6 is 11.6 Å². The lowest BCUT2D eigenvalue weighted by Gasteiger charge is -2.20. The smallest absolute Gasteiger partial charge is 0.129 e. The zero-order chi connectivity index (χ0) is 15.4. The van der Waals surface area contributed by atoms with Gasteiger partial charge in [-0.25, -0.2) is 4.39 Å². The largest absolute Gasteiger partial charge is 0.310 e. The molecule has 1 atom stereocenters. The lowest BCUT2D eigenvalue weighted by Crippen LogP contribution is -2.25. The van der Waals surface area contributed by atoms with Crippen molar-refractivity contribution in [3.63, 3.8) is 0 Å². The molecule has 1 aromatic heterocycles. The van der Waals surface area contributed by atoms with Crippen molar-refractivity contribution in [2.45, 2.75) is 32.7 Å². The number of benzene rings is 1. The molecule has 0 aliphatic carbocycles. The molecule has 0 saturated carbocycles.